The first-order valence-electron chi connectivity index (χ1n) is 11.4. The van der Waals surface area contributed by atoms with E-state index in [0.717, 1.165) is 11.4 Å². The third-order valence-corrected chi connectivity index (χ3v) is 5.62. The fourth-order valence-corrected chi connectivity index (χ4v) is 3.83. The van der Waals surface area contributed by atoms with Gasteiger partial charge in [0.2, 0.25) is 0 Å². The van der Waals surface area contributed by atoms with Crippen LogP contribution in [0.3, 0.4) is 0 Å². The Bertz CT molecular complexity index is 1060. The molecule has 0 aliphatic carbocycles. The van der Waals surface area contributed by atoms with Crippen LogP contribution in [-0.4, -0.2) is 96.9 Å². The van der Waals surface area contributed by atoms with Gasteiger partial charge in [0, 0.05) is 45.5 Å². The molecule has 0 saturated heterocycles. The van der Waals surface area contributed by atoms with Crippen molar-refractivity contribution in [2.24, 2.45) is 10.3 Å². The molecule has 1 unspecified atom stereocenters. The third-order valence-electron chi connectivity index (χ3n) is 5.16. The molecule has 0 aromatic carbocycles. The van der Waals surface area contributed by atoms with Crippen LogP contribution in [-0.2, 0) is 39.8 Å². The third kappa shape index (κ3) is 9.21. The van der Waals surface area contributed by atoms with Crippen LogP contribution in [0.15, 0.2) is 22.7 Å². The maximum absolute atomic E-state index is 10.6. The number of nitrogens with zero attached hydrogens (tertiary/aromatic N) is 10. The number of aromatic nitrogens is 6. The molecule has 1 aliphatic rings. The van der Waals surface area contributed by atoms with E-state index < -0.39 is 10.4 Å². The predicted octanol–water partition coefficient (Wildman–Crippen LogP) is 0.270. The summed E-state index contributed by atoms with van der Waals surface area (Å²) in [6.45, 7) is 9.41. The number of aliphatic hydroxyl groups is 1. The van der Waals surface area contributed by atoms with Gasteiger partial charge in [-0.2, -0.15) is 13.5 Å². The maximum Gasteiger partial charge on any atom is 0.397 e. The van der Waals surface area contributed by atoms with Crippen molar-refractivity contribution in [1.29, 1.82) is 0 Å². The second-order valence-electron chi connectivity index (χ2n) is 9.42. The van der Waals surface area contributed by atoms with Gasteiger partial charge in [0.1, 0.15) is 6.04 Å². The highest BCUT2D eigenvalue weighted by Crippen LogP contribution is 2.16. The van der Waals surface area contributed by atoms with Gasteiger partial charge < -0.3 is 5.11 Å². The van der Waals surface area contributed by atoms with Crippen LogP contribution in [0.5, 0.6) is 0 Å². The predicted molar refractivity (Wildman–Crippen MR) is 123 cm³/mol. The van der Waals surface area contributed by atoms with E-state index in [9.17, 15) is 8.42 Å². The quantitative estimate of drug-likeness (QED) is 0.261. The minimum Gasteiger partial charge on any atom is -0.396 e. The summed E-state index contributed by atoms with van der Waals surface area (Å²) in [6.07, 6.45) is 4.78. The molecule has 2 aromatic rings. The monoisotopic (exact) mass is 514 g/mol. The first-order chi connectivity index (χ1) is 16.5. The van der Waals surface area contributed by atoms with Crippen LogP contribution in [0.25, 0.3) is 0 Å². The molecule has 0 radical (unpaired) electrons. The molecule has 3 heterocycles. The van der Waals surface area contributed by atoms with Gasteiger partial charge in [0.05, 0.1) is 36.3 Å². The summed E-state index contributed by atoms with van der Waals surface area (Å²) in [6, 6.07) is -0.0976. The lowest BCUT2D eigenvalue weighted by Crippen LogP contribution is -2.34. The van der Waals surface area contributed by atoms with Crippen LogP contribution >= 0.6 is 0 Å². The average molecular weight is 515 g/mol. The van der Waals surface area contributed by atoms with E-state index in [1.807, 2.05) is 17.1 Å². The van der Waals surface area contributed by atoms with Gasteiger partial charge in [-0.05, 0) is 33.6 Å². The summed E-state index contributed by atoms with van der Waals surface area (Å²) in [7, 11) is -4.43. The molecule has 0 fully saturated rings. The number of aryl methyl sites for hydroxylation is 1. The molecular formula is C19H34N10O5S. The Kier molecular flexibility index (Phi) is 9.23. The van der Waals surface area contributed by atoms with E-state index in [-0.39, 0.29) is 24.8 Å². The molecule has 0 bridgehead atoms. The van der Waals surface area contributed by atoms with Crippen LogP contribution in [0, 0.1) is 0 Å². The van der Waals surface area contributed by atoms with Gasteiger partial charge in [0.15, 0.2) is 0 Å². The average Bonchev–Trinajstić information content (AvgIpc) is 3.50. The smallest absolute Gasteiger partial charge is 0.396 e. The highest BCUT2D eigenvalue weighted by Gasteiger charge is 2.24. The number of aliphatic hydroxyl groups excluding tert-OH is 1. The van der Waals surface area contributed by atoms with Crippen molar-refractivity contribution in [3.8, 4) is 0 Å². The molecule has 1 atom stereocenters. The minimum atomic E-state index is -4.43. The van der Waals surface area contributed by atoms with E-state index in [4.69, 9.17) is 9.66 Å². The molecule has 2 aromatic heterocycles. The largest absolute Gasteiger partial charge is 0.397 e. The molecule has 15 nitrogen and oxygen atoms in total. The molecule has 0 spiro atoms. The zero-order chi connectivity index (χ0) is 25.5. The van der Waals surface area contributed by atoms with Crippen LogP contribution in [0.1, 0.15) is 45.0 Å². The Balaban J connectivity index is 1.59. The highest BCUT2D eigenvalue weighted by molar-refractivity contribution is 7.80. The van der Waals surface area contributed by atoms with E-state index in [0.29, 0.717) is 52.1 Å². The van der Waals surface area contributed by atoms with Crippen molar-refractivity contribution in [1.82, 2.24) is 39.9 Å². The topological polar surface area (TPSA) is 176 Å². The van der Waals surface area contributed by atoms with Gasteiger partial charge in [-0.15, -0.1) is 10.2 Å². The standard InChI is InChI=1S/C19H34N10O5S/c1-19(2,3)29-15-18(22-25-29)12-26(10-16-13-27(23-20-16)6-4-8-30)11-17-14-28(24-21-17)7-5-9-34-35(31,32)33/h13,15,17,30H,4-12,14H2,1-3H3,(H,31,32,33). The second-order valence-corrected chi connectivity index (χ2v) is 10.5. The maximum atomic E-state index is 10.6. The fraction of sp³-hybridized carbons (Fsp3) is 0.789. The fourth-order valence-electron chi connectivity index (χ4n) is 3.50. The molecule has 0 amide bonds. The van der Waals surface area contributed by atoms with Crippen LogP contribution in [0.2, 0.25) is 0 Å². The SMILES string of the molecule is CC(C)(C)n1cc(CN(Cc2cn(CCCO)nn2)CC2CN(CCCOS(=O)(=O)O)N=N2)nn1. The van der Waals surface area contributed by atoms with Crippen molar-refractivity contribution in [2.45, 2.75) is 64.8 Å². The molecule has 1 aliphatic heterocycles. The zero-order valence-corrected chi connectivity index (χ0v) is 21.1. The first kappa shape index (κ1) is 27.1. The Morgan fingerprint density at radius 1 is 1.11 bits per heavy atom. The van der Waals surface area contributed by atoms with Crippen molar-refractivity contribution in [3.63, 3.8) is 0 Å². The van der Waals surface area contributed by atoms with Crippen LogP contribution in [0.4, 0.5) is 0 Å². The summed E-state index contributed by atoms with van der Waals surface area (Å²) in [4.78, 5) is 2.16. The van der Waals surface area contributed by atoms with Gasteiger partial charge in [-0.1, -0.05) is 15.7 Å². The molecular weight excluding hydrogens is 480 g/mol. The van der Waals surface area contributed by atoms with Gasteiger partial charge in [-0.25, -0.2) is 8.86 Å². The van der Waals surface area contributed by atoms with E-state index >= 15 is 0 Å². The van der Waals surface area contributed by atoms with Gasteiger partial charge in [0.25, 0.3) is 0 Å². The highest BCUT2D eigenvalue weighted by atomic mass is 32.3. The summed E-state index contributed by atoms with van der Waals surface area (Å²) in [5.74, 6) is 0. The number of hydrogen-bond acceptors (Lipinski definition) is 12. The van der Waals surface area contributed by atoms with E-state index in [1.165, 1.54) is 0 Å². The number of rotatable bonds is 14. The van der Waals surface area contributed by atoms with E-state index in [2.05, 4.69) is 60.8 Å². The van der Waals surface area contributed by atoms with Gasteiger partial charge in [-0.3, -0.25) is 19.1 Å². The van der Waals surface area contributed by atoms with Crippen molar-refractivity contribution in [3.05, 3.63) is 23.8 Å². The van der Waals surface area contributed by atoms with Crippen molar-refractivity contribution < 1.29 is 22.3 Å². The Hall–Kier alpha value is -2.53. The van der Waals surface area contributed by atoms with Crippen molar-refractivity contribution >= 4 is 10.4 Å². The Morgan fingerprint density at radius 3 is 2.49 bits per heavy atom. The lowest BCUT2D eigenvalue weighted by molar-refractivity contribution is 0.212. The zero-order valence-electron chi connectivity index (χ0n) is 20.3. The minimum absolute atomic E-state index is 0.0931. The molecule has 0 saturated carbocycles. The lowest BCUT2D eigenvalue weighted by Gasteiger charge is -2.22. The summed E-state index contributed by atoms with van der Waals surface area (Å²) >= 11 is 0. The van der Waals surface area contributed by atoms with Crippen molar-refractivity contribution in [2.75, 3.05) is 32.8 Å². The summed E-state index contributed by atoms with van der Waals surface area (Å²) in [5, 5.41) is 36.3. The lowest BCUT2D eigenvalue weighted by atomic mass is 10.1. The second kappa shape index (κ2) is 11.9. The summed E-state index contributed by atoms with van der Waals surface area (Å²) < 4.78 is 37.8. The molecule has 35 heavy (non-hydrogen) atoms. The molecule has 196 valence electrons. The molecule has 16 heteroatoms. The summed E-state index contributed by atoms with van der Waals surface area (Å²) in [5.41, 5.74) is 1.44. The number of hydrogen-bond donors (Lipinski definition) is 2. The van der Waals surface area contributed by atoms with Crippen LogP contribution < -0.4 is 0 Å². The first-order valence-corrected chi connectivity index (χ1v) is 12.8. The van der Waals surface area contributed by atoms with E-state index in [1.54, 1.807) is 9.69 Å². The molecule has 3 rings (SSSR count). The normalized spacial score (nSPS) is 16.6. The van der Waals surface area contributed by atoms with Gasteiger partial charge >= 0.3 is 10.4 Å². The Labute approximate surface area is 204 Å². The molecule has 2 N–H and O–H groups in total. The Morgan fingerprint density at radius 2 is 1.83 bits per heavy atom.